The molecule has 1 aromatic heterocycles. The van der Waals surface area contributed by atoms with Crippen LogP contribution in [-0.2, 0) is 21.7 Å². The topological polar surface area (TPSA) is 97.9 Å². The number of para-hydroxylation sites is 1. The van der Waals surface area contributed by atoms with Gasteiger partial charge in [0, 0.05) is 26.2 Å². The summed E-state index contributed by atoms with van der Waals surface area (Å²) in [6, 6.07) is 16.6. The number of amides is 4. The second kappa shape index (κ2) is 9.73. The zero-order valence-electron chi connectivity index (χ0n) is 19.6. The Morgan fingerprint density at radius 3 is 2.43 bits per heavy atom. The molecule has 2 aliphatic heterocycles. The van der Waals surface area contributed by atoms with Crippen molar-refractivity contribution in [3.8, 4) is 0 Å². The summed E-state index contributed by atoms with van der Waals surface area (Å²) in [5.74, 6) is -0.849. The van der Waals surface area contributed by atoms with E-state index in [2.05, 4.69) is 21.7 Å². The number of nitrogens with zero attached hydrogens (tertiary/aromatic N) is 4. The minimum Gasteiger partial charge on any atom is -0.318 e. The van der Waals surface area contributed by atoms with Crippen LogP contribution in [0.15, 0.2) is 54.6 Å². The molecule has 1 unspecified atom stereocenters. The van der Waals surface area contributed by atoms with Crippen LogP contribution in [0.25, 0.3) is 10.2 Å². The zero-order valence-corrected chi connectivity index (χ0v) is 20.4. The second-order valence-electron chi connectivity index (χ2n) is 8.86. The van der Waals surface area contributed by atoms with E-state index in [0.717, 1.165) is 48.3 Å². The lowest BCUT2D eigenvalue weighted by Gasteiger charge is -2.34. The van der Waals surface area contributed by atoms with Crippen molar-refractivity contribution in [2.45, 2.75) is 25.4 Å². The molecular formula is C25H28N6O3S. The predicted octanol–water partition coefficient (Wildman–Crippen LogP) is 2.30. The third kappa shape index (κ3) is 4.64. The van der Waals surface area contributed by atoms with E-state index in [9.17, 15) is 14.4 Å². The normalized spacial score (nSPS) is 21.5. The minimum atomic E-state index is -1.17. The highest BCUT2D eigenvalue weighted by molar-refractivity contribution is 7.18. The lowest BCUT2D eigenvalue weighted by molar-refractivity contribution is -0.140. The first-order valence-electron chi connectivity index (χ1n) is 11.8. The molecule has 2 aromatic carbocycles. The van der Waals surface area contributed by atoms with Gasteiger partial charge in [0.1, 0.15) is 10.5 Å². The molecule has 3 aromatic rings. The van der Waals surface area contributed by atoms with Crippen LogP contribution >= 0.6 is 11.3 Å². The molecule has 4 amide bonds. The quantitative estimate of drug-likeness (QED) is 0.491. The summed E-state index contributed by atoms with van der Waals surface area (Å²) < 4.78 is 1.19. The molecule has 2 aliphatic rings. The largest absolute Gasteiger partial charge is 0.344 e. The van der Waals surface area contributed by atoms with Gasteiger partial charge >= 0.3 is 6.03 Å². The van der Waals surface area contributed by atoms with Crippen LogP contribution < -0.4 is 10.7 Å². The Morgan fingerprint density at radius 2 is 1.71 bits per heavy atom. The first kappa shape index (κ1) is 23.4. The van der Waals surface area contributed by atoms with Crippen LogP contribution in [0, 0.1) is 0 Å². The summed E-state index contributed by atoms with van der Waals surface area (Å²) in [6.45, 7) is 5.84. The molecule has 2 fully saturated rings. The van der Waals surface area contributed by atoms with E-state index in [1.54, 1.807) is 23.5 Å². The Morgan fingerprint density at radius 1 is 1.03 bits per heavy atom. The molecule has 2 saturated heterocycles. The van der Waals surface area contributed by atoms with Gasteiger partial charge in [-0.25, -0.2) is 9.78 Å². The van der Waals surface area contributed by atoms with Crippen molar-refractivity contribution < 1.29 is 14.4 Å². The van der Waals surface area contributed by atoms with Gasteiger partial charge in [-0.2, -0.15) is 5.01 Å². The van der Waals surface area contributed by atoms with Gasteiger partial charge in [-0.1, -0.05) is 49.4 Å². The summed E-state index contributed by atoms with van der Waals surface area (Å²) in [7, 11) is 0. The van der Waals surface area contributed by atoms with Crippen molar-refractivity contribution in [3.05, 3.63) is 65.2 Å². The monoisotopic (exact) mass is 492 g/mol. The average Bonchev–Trinajstić information content (AvgIpc) is 3.39. The van der Waals surface area contributed by atoms with Crippen molar-refractivity contribution in [2.24, 2.45) is 0 Å². The number of nitrogens with one attached hydrogen (secondary N) is 2. The van der Waals surface area contributed by atoms with E-state index in [0.29, 0.717) is 12.0 Å². The lowest BCUT2D eigenvalue weighted by atomic mass is 9.87. The molecule has 1 atom stereocenters. The number of carbonyl (C=O) groups is 3. The number of aromatic nitrogens is 1. The molecule has 10 heteroatoms. The molecule has 35 heavy (non-hydrogen) atoms. The molecule has 0 radical (unpaired) electrons. The molecule has 9 nitrogen and oxygen atoms in total. The fourth-order valence-electron chi connectivity index (χ4n) is 4.69. The summed E-state index contributed by atoms with van der Waals surface area (Å²) in [5.41, 5.74) is 3.08. The predicted molar refractivity (Wildman–Crippen MR) is 133 cm³/mol. The van der Waals surface area contributed by atoms with Gasteiger partial charge in [-0.3, -0.25) is 24.8 Å². The van der Waals surface area contributed by atoms with Gasteiger partial charge in [0.2, 0.25) is 0 Å². The van der Waals surface area contributed by atoms with Crippen LogP contribution in [0.5, 0.6) is 0 Å². The van der Waals surface area contributed by atoms with Gasteiger partial charge in [-0.15, -0.1) is 11.3 Å². The number of imide groups is 1. The van der Waals surface area contributed by atoms with Crippen LogP contribution in [-0.4, -0.2) is 70.4 Å². The van der Waals surface area contributed by atoms with Crippen LogP contribution in [0.3, 0.4) is 0 Å². The van der Waals surface area contributed by atoms with Gasteiger partial charge in [0.25, 0.3) is 11.8 Å². The number of fused-ring (bicyclic) bond motifs is 1. The molecule has 182 valence electrons. The maximum absolute atomic E-state index is 13.2. The van der Waals surface area contributed by atoms with E-state index in [4.69, 9.17) is 4.98 Å². The summed E-state index contributed by atoms with van der Waals surface area (Å²) >= 11 is 1.71. The SMILES string of the molecule is CCC1(c2ccccc2)NC(=O)N(NC(=O)CN2CCN(Cc3nc4ccccc4s3)CC2)C1=O. The minimum absolute atomic E-state index is 0.122. The maximum atomic E-state index is 13.2. The first-order valence-corrected chi connectivity index (χ1v) is 12.6. The maximum Gasteiger partial charge on any atom is 0.344 e. The van der Waals surface area contributed by atoms with Gasteiger partial charge in [0.15, 0.2) is 0 Å². The summed E-state index contributed by atoms with van der Waals surface area (Å²) in [6.07, 6.45) is 0.380. The van der Waals surface area contributed by atoms with Crippen molar-refractivity contribution in [1.29, 1.82) is 0 Å². The van der Waals surface area contributed by atoms with Crippen LogP contribution in [0.1, 0.15) is 23.9 Å². The molecule has 5 rings (SSSR count). The Labute approximate surface area is 207 Å². The molecule has 3 heterocycles. The highest BCUT2D eigenvalue weighted by atomic mass is 32.1. The molecular weight excluding hydrogens is 464 g/mol. The Balaban J connectivity index is 1.14. The number of thiazole rings is 1. The third-order valence-electron chi connectivity index (χ3n) is 6.65. The van der Waals surface area contributed by atoms with Crippen molar-refractivity contribution in [2.75, 3.05) is 32.7 Å². The lowest BCUT2D eigenvalue weighted by Crippen LogP contribution is -2.53. The van der Waals surface area contributed by atoms with Crippen molar-refractivity contribution in [3.63, 3.8) is 0 Å². The highest BCUT2D eigenvalue weighted by Crippen LogP contribution is 2.31. The van der Waals surface area contributed by atoms with Crippen LogP contribution in [0.4, 0.5) is 4.79 Å². The van der Waals surface area contributed by atoms with E-state index in [1.807, 2.05) is 48.2 Å². The second-order valence-corrected chi connectivity index (χ2v) is 9.97. The van der Waals surface area contributed by atoms with E-state index < -0.39 is 17.5 Å². The van der Waals surface area contributed by atoms with Crippen LogP contribution in [0.2, 0.25) is 0 Å². The van der Waals surface area contributed by atoms with Crippen molar-refractivity contribution in [1.82, 2.24) is 30.5 Å². The number of carbonyl (C=O) groups excluding carboxylic acids is 3. The van der Waals surface area contributed by atoms with E-state index in [1.165, 1.54) is 4.70 Å². The smallest absolute Gasteiger partial charge is 0.318 e. The molecule has 0 saturated carbocycles. The molecule has 0 spiro atoms. The van der Waals surface area contributed by atoms with E-state index >= 15 is 0 Å². The van der Waals surface area contributed by atoms with Gasteiger partial charge < -0.3 is 5.32 Å². The number of hydrazine groups is 1. The fourth-order valence-corrected chi connectivity index (χ4v) is 5.70. The van der Waals surface area contributed by atoms with E-state index in [-0.39, 0.29) is 12.5 Å². The third-order valence-corrected chi connectivity index (χ3v) is 7.68. The molecule has 2 N–H and O–H groups in total. The molecule has 0 bridgehead atoms. The Kier molecular flexibility index (Phi) is 6.50. The molecule has 0 aliphatic carbocycles. The number of piperazine rings is 1. The Bertz CT molecular complexity index is 1210. The average molecular weight is 493 g/mol. The van der Waals surface area contributed by atoms with Gasteiger partial charge in [0.05, 0.1) is 23.3 Å². The first-order chi connectivity index (χ1) is 17.0. The number of rotatable bonds is 7. The zero-order chi connectivity index (χ0) is 24.4. The van der Waals surface area contributed by atoms with Gasteiger partial charge in [-0.05, 0) is 24.1 Å². The number of hydrogen-bond acceptors (Lipinski definition) is 7. The summed E-state index contributed by atoms with van der Waals surface area (Å²) in [5, 5.41) is 4.69. The number of benzene rings is 2. The summed E-state index contributed by atoms with van der Waals surface area (Å²) in [4.78, 5) is 47.6. The highest BCUT2D eigenvalue weighted by Gasteiger charge is 2.52. The number of urea groups is 1. The fraction of sp³-hybridized carbons (Fsp3) is 0.360. The number of hydrogen-bond donors (Lipinski definition) is 2. The van der Waals surface area contributed by atoms with Crippen molar-refractivity contribution >= 4 is 39.4 Å². The standard InChI is InChI=1S/C25H28N6O3S/c1-2-25(18-8-4-3-5-9-18)23(33)31(24(34)27-25)28-21(32)16-29-12-14-30(15-13-29)17-22-26-19-10-6-7-11-20(19)35-22/h3-11H,2,12-17H2,1H3,(H,27,34)(H,28,32). The Hall–Kier alpha value is -3.34.